The Kier molecular flexibility index (Phi) is 4.63. The average Bonchev–Trinajstić information content (AvgIpc) is 2.58. The topological polar surface area (TPSA) is 25.2 Å². The minimum Gasteiger partial charge on any atom is -0.467 e. The van der Waals surface area contributed by atoms with Gasteiger partial charge in [-0.2, -0.15) is 0 Å². The van der Waals surface area contributed by atoms with Crippen LogP contribution in [0.1, 0.15) is 44.6 Å². The number of nitrogens with one attached hydrogen (secondary N) is 1. The van der Waals surface area contributed by atoms with Gasteiger partial charge in [0.2, 0.25) is 0 Å². The Bertz CT molecular complexity index is 321. The molecule has 1 aromatic rings. The largest absolute Gasteiger partial charge is 0.467 e. The molecule has 1 rings (SSSR count). The van der Waals surface area contributed by atoms with Crippen LogP contribution in [-0.4, -0.2) is 6.54 Å². The van der Waals surface area contributed by atoms with Gasteiger partial charge in [0.05, 0.1) is 12.3 Å². The summed E-state index contributed by atoms with van der Waals surface area (Å²) in [6.07, 6.45) is 5.10. The molecule has 1 unspecified atom stereocenters. The highest BCUT2D eigenvalue weighted by Gasteiger charge is 2.13. The Morgan fingerprint density at radius 3 is 2.73 bits per heavy atom. The summed E-state index contributed by atoms with van der Waals surface area (Å²) in [5.74, 6) is 1.03. The van der Waals surface area contributed by atoms with Gasteiger partial charge in [-0.1, -0.05) is 18.6 Å². The van der Waals surface area contributed by atoms with Crippen LogP contribution >= 0.6 is 0 Å². The molecule has 1 N–H and O–H groups in total. The van der Waals surface area contributed by atoms with Crippen LogP contribution in [0.2, 0.25) is 0 Å². The molecule has 0 aliphatic rings. The molecule has 84 valence electrons. The number of hydrogen-bond acceptors (Lipinski definition) is 2. The Morgan fingerprint density at radius 1 is 1.53 bits per heavy atom. The zero-order valence-electron chi connectivity index (χ0n) is 10.1. The summed E-state index contributed by atoms with van der Waals surface area (Å²) in [7, 11) is 0. The fourth-order valence-corrected chi connectivity index (χ4v) is 1.56. The number of hydrogen-bond donors (Lipinski definition) is 1. The lowest BCUT2D eigenvalue weighted by atomic mass is 10.1. The van der Waals surface area contributed by atoms with Crippen molar-refractivity contribution < 1.29 is 4.42 Å². The smallest absolute Gasteiger partial charge is 0.127 e. The van der Waals surface area contributed by atoms with E-state index in [1.807, 2.05) is 6.07 Å². The van der Waals surface area contributed by atoms with Gasteiger partial charge in [0.15, 0.2) is 0 Å². The highest BCUT2D eigenvalue weighted by Crippen LogP contribution is 2.21. The van der Waals surface area contributed by atoms with Gasteiger partial charge in [0.1, 0.15) is 5.76 Å². The van der Waals surface area contributed by atoms with Crippen molar-refractivity contribution in [2.24, 2.45) is 0 Å². The molecule has 2 nitrogen and oxygen atoms in total. The van der Waals surface area contributed by atoms with Gasteiger partial charge in [-0.3, -0.25) is 0 Å². The maximum Gasteiger partial charge on any atom is 0.127 e. The molecule has 1 atom stereocenters. The number of aryl methyl sites for hydroxylation is 1. The van der Waals surface area contributed by atoms with Crippen LogP contribution in [0.3, 0.4) is 0 Å². The molecule has 0 amide bonds. The van der Waals surface area contributed by atoms with Gasteiger partial charge >= 0.3 is 0 Å². The zero-order chi connectivity index (χ0) is 11.3. The Morgan fingerprint density at radius 2 is 2.27 bits per heavy atom. The van der Waals surface area contributed by atoms with Crippen LogP contribution in [-0.2, 0) is 0 Å². The van der Waals surface area contributed by atoms with E-state index in [-0.39, 0.29) is 6.04 Å². The summed E-state index contributed by atoms with van der Waals surface area (Å²) in [6, 6.07) is 2.22. The number of rotatable bonds is 5. The van der Waals surface area contributed by atoms with Crippen molar-refractivity contribution in [3.05, 3.63) is 35.3 Å². The van der Waals surface area contributed by atoms with Crippen LogP contribution in [0, 0.1) is 6.92 Å². The zero-order valence-corrected chi connectivity index (χ0v) is 10.1. The van der Waals surface area contributed by atoms with E-state index in [4.69, 9.17) is 4.42 Å². The van der Waals surface area contributed by atoms with E-state index in [9.17, 15) is 0 Å². The predicted molar refractivity (Wildman–Crippen MR) is 63.9 cm³/mol. The highest BCUT2D eigenvalue weighted by atomic mass is 16.3. The Labute approximate surface area is 92.4 Å². The standard InChI is InChI=1S/C13H21NO/c1-5-7-14-12(9-10(2)3)13-11(4)6-8-15-13/h6,8-9,12,14H,5,7H2,1-4H3. The number of allylic oxidation sites excluding steroid dienone is 1. The maximum absolute atomic E-state index is 5.52. The van der Waals surface area contributed by atoms with Gasteiger partial charge in [-0.15, -0.1) is 0 Å². The van der Waals surface area contributed by atoms with Crippen molar-refractivity contribution in [2.45, 2.75) is 40.2 Å². The second kappa shape index (κ2) is 5.76. The molecule has 0 fully saturated rings. The molecule has 1 heterocycles. The molecule has 0 bridgehead atoms. The summed E-state index contributed by atoms with van der Waals surface area (Å²) in [4.78, 5) is 0. The van der Waals surface area contributed by atoms with E-state index in [1.165, 1.54) is 11.1 Å². The third kappa shape index (κ3) is 3.56. The van der Waals surface area contributed by atoms with Crippen molar-refractivity contribution in [2.75, 3.05) is 6.54 Å². The molecule has 0 saturated carbocycles. The Balaban J connectivity index is 2.81. The van der Waals surface area contributed by atoms with E-state index in [1.54, 1.807) is 6.26 Å². The lowest BCUT2D eigenvalue weighted by molar-refractivity contribution is 0.449. The lowest BCUT2D eigenvalue weighted by Gasteiger charge is -2.13. The second-order valence-corrected chi connectivity index (χ2v) is 4.14. The number of furan rings is 1. The fourth-order valence-electron chi connectivity index (χ4n) is 1.56. The first-order chi connectivity index (χ1) is 7.15. The van der Waals surface area contributed by atoms with Crippen LogP contribution < -0.4 is 5.32 Å². The lowest BCUT2D eigenvalue weighted by Crippen LogP contribution is -2.20. The van der Waals surface area contributed by atoms with Crippen LogP contribution in [0.25, 0.3) is 0 Å². The average molecular weight is 207 g/mol. The molecule has 0 saturated heterocycles. The monoisotopic (exact) mass is 207 g/mol. The fraction of sp³-hybridized carbons (Fsp3) is 0.538. The summed E-state index contributed by atoms with van der Waals surface area (Å²) < 4.78 is 5.52. The maximum atomic E-state index is 5.52. The normalized spacial score (nSPS) is 12.5. The van der Waals surface area contributed by atoms with Crippen molar-refractivity contribution in [3.8, 4) is 0 Å². The van der Waals surface area contributed by atoms with Crippen LogP contribution in [0.5, 0.6) is 0 Å². The molecule has 2 heteroatoms. The van der Waals surface area contributed by atoms with E-state index >= 15 is 0 Å². The minimum absolute atomic E-state index is 0.213. The summed E-state index contributed by atoms with van der Waals surface area (Å²) in [5.41, 5.74) is 2.51. The Hall–Kier alpha value is -1.02. The van der Waals surface area contributed by atoms with E-state index in [2.05, 4.69) is 39.1 Å². The quantitative estimate of drug-likeness (QED) is 0.746. The minimum atomic E-state index is 0.213. The second-order valence-electron chi connectivity index (χ2n) is 4.14. The molecular formula is C13H21NO. The molecule has 0 aliphatic heterocycles. The van der Waals surface area contributed by atoms with Gasteiger partial charge < -0.3 is 9.73 Å². The van der Waals surface area contributed by atoms with Gasteiger partial charge in [-0.05, 0) is 45.4 Å². The first-order valence-corrected chi connectivity index (χ1v) is 5.57. The summed E-state index contributed by atoms with van der Waals surface area (Å²) >= 11 is 0. The van der Waals surface area contributed by atoms with Crippen molar-refractivity contribution in [3.63, 3.8) is 0 Å². The predicted octanol–water partition coefficient (Wildman–Crippen LogP) is 3.59. The van der Waals surface area contributed by atoms with Crippen LogP contribution in [0.4, 0.5) is 0 Å². The highest BCUT2D eigenvalue weighted by molar-refractivity contribution is 5.23. The third-order valence-corrected chi connectivity index (χ3v) is 2.30. The first-order valence-electron chi connectivity index (χ1n) is 5.57. The van der Waals surface area contributed by atoms with Gasteiger partial charge in [-0.25, -0.2) is 0 Å². The van der Waals surface area contributed by atoms with E-state index in [0.29, 0.717) is 0 Å². The molecule has 1 aromatic heterocycles. The van der Waals surface area contributed by atoms with Crippen molar-refractivity contribution >= 4 is 0 Å². The molecular weight excluding hydrogens is 186 g/mol. The molecule has 0 aliphatic carbocycles. The van der Waals surface area contributed by atoms with Crippen molar-refractivity contribution in [1.29, 1.82) is 0 Å². The summed E-state index contributed by atoms with van der Waals surface area (Å²) in [6.45, 7) is 9.48. The third-order valence-electron chi connectivity index (χ3n) is 2.30. The molecule has 0 aromatic carbocycles. The van der Waals surface area contributed by atoms with Gasteiger partial charge in [0, 0.05) is 0 Å². The van der Waals surface area contributed by atoms with E-state index < -0.39 is 0 Å². The van der Waals surface area contributed by atoms with Crippen LogP contribution in [0.15, 0.2) is 28.4 Å². The first kappa shape index (κ1) is 12.1. The molecule has 0 radical (unpaired) electrons. The SMILES string of the molecule is CCCNC(C=C(C)C)c1occc1C. The van der Waals surface area contributed by atoms with Gasteiger partial charge in [0.25, 0.3) is 0 Å². The molecule has 15 heavy (non-hydrogen) atoms. The van der Waals surface area contributed by atoms with Crippen molar-refractivity contribution in [1.82, 2.24) is 5.32 Å². The van der Waals surface area contributed by atoms with E-state index in [0.717, 1.165) is 18.7 Å². The molecule has 0 spiro atoms. The summed E-state index contributed by atoms with van der Waals surface area (Å²) in [5, 5.41) is 3.47.